The third-order valence-electron chi connectivity index (χ3n) is 2.33. The van der Waals surface area contributed by atoms with E-state index in [-0.39, 0.29) is 17.1 Å². The molecule has 8 heteroatoms. The van der Waals surface area contributed by atoms with Crippen molar-refractivity contribution in [1.82, 2.24) is 10.2 Å². The number of anilines is 1. The molecule has 1 aromatic carbocycles. The monoisotopic (exact) mass is 273 g/mol. The average molecular weight is 273 g/mol. The Bertz CT molecular complexity index is 710. The van der Waals surface area contributed by atoms with Crippen LogP contribution in [0.3, 0.4) is 0 Å². The SMILES string of the molecule is CS(=O)(=O)c1ccc(-c2cc(N)n[nH]2)c(F)c1F. The van der Waals surface area contributed by atoms with Crippen LogP contribution < -0.4 is 5.73 Å². The summed E-state index contributed by atoms with van der Waals surface area (Å²) in [6.07, 6.45) is 0.804. The lowest BCUT2D eigenvalue weighted by atomic mass is 10.1. The van der Waals surface area contributed by atoms with E-state index in [2.05, 4.69) is 10.2 Å². The van der Waals surface area contributed by atoms with Crippen molar-refractivity contribution >= 4 is 15.7 Å². The van der Waals surface area contributed by atoms with Crippen molar-refractivity contribution in [2.45, 2.75) is 4.90 Å². The molecule has 18 heavy (non-hydrogen) atoms. The van der Waals surface area contributed by atoms with Crippen LogP contribution in [0.2, 0.25) is 0 Å². The lowest BCUT2D eigenvalue weighted by molar-refractivity contribution is 0.487. The first-order valence-corrected chi connectivity index (χ1v) is 6.69. The Hall–Kier alpha value is -1.96. The van der Waals surface area contributed by atoms with E-state index in [1.807, 2.05) is 0 Å². The molecular formula is C10H9F2N3O2S. The first-order valence-electron chi connectivity index (χ1n) is 4.80. The molecule has 2 rings (SSSR count). The van der Waals surface area contributed by atoms with E-state index in [1.54, 1.807) is 0 Å². The molecule has 2 aromatic rings. The van der Waals surface area contributed by atoms with Gasteiger partial charge in [0.05, 0.1) is 5.69 Å². The van der Waals surface area contributed by atoms with Gasteiger partial charge in [-0.15, -0.1) is 0 Å². The topological polar surface area (TPSA) is 88.8 Å². The second-order valence-electron chi connectivity index (χ2n) is 3.72. The number of hydrogen-bond donors (Lipinski definition) is 2. The minimum atomic E-state index is -3.82. The molecule has 0 spiro atoms. The smallest absolute Gasteiger partial charge is 0.178 e. The Morgan fingerprint density at radius 2 is 1.94 bits per heavy atom. The number of nitrogen functional groups attached to an aromatic ring is 1. The van der Waals surface area contributed by atoms with Crippen molar-refractivity contribution < 1.29 is 17.2 Å². The highest BCUT2D eigenvalue weighted by Crippen LogP contribution is 2.27. The van der Waals surface area contributed by atoms with Gasteiger partial charge in [-0.05, 0) is 12.1 Å². The van der Waals surface area contributed by atoms with Crippen LogP contribution in [-0.4, -0.2) is 24.9 Å². The van der Waals surface area contributed by atoms with Crippen molar-refractivity contribution in [3.63, 3.8) is 0 Å². The summed E-state index contributed by atoms with van der Waals surface area (Å²) in [7, 11) is -3.82. The normalized spacial score (nSPS) is 11.7. The molecule has 0 saturated carbocycles. The van der Waals surface area contributed by atoms with Crippen LogP contribution in [0.25, 0.3) is 11.3 Å². The van der Waals surface area contributed by atoms with E-state index < -0.39 is 26.4 Å². The van der Waals surface area contributed by atoms with Crippen molar-refractivity contribution in [2.75, 3.05) is 12.0 Å². The third kappa shape index (κ3) is 2.06. The second-order valence-corrected chi connectivity index (χ2v) is 5.70. The predicted octanol–water partition coefficient (Wildman–Crippen LogP) is 1.34. The summed E-state index contributed by atoms with van der Waals surface area (Å²) in [5.74, 6) is -2.55. The van der Waals surface area contributed by atoms with Crippen molar-refractivity contribution in [3.05, 3.63) is 29.8 Å². The summed E-state index contributed by atoms with van der Waals surface area (Å²) in [6, 6.07) is 3.47. The predicted molar refractivity (Wildman–Crippen MR) is 61.5 cm³/mol. The molecule has 96 valence electrons. The average Bonchev–Trinajstić information content (AvgIpc) is 2.67. The van der Waals surface area contributed by atoms with Gasteiger partial charge in [0.25, 0.3) is 0 Å². The molecule has 0 aliphatic rings. The van der Waals surface area contributed by atoms with Crippen molar-refractivity contribution in [3.8, 4) is 11.3 Å². The molecule has 0 saturated heterocycles. The zero-order valence-corrected chi connectivity index (χ0v) is 10.1. The fourth-order valence-corrected chi connectivity index (χ4v) is 2.23. The molecule has 1 heterocycles. The van der Waals surface area contributed by atoms with Gasteiger partial charge in [-0.25, -0.2) is 17.2 Å². The largest absolute Gasteiger partial charge is 0.382 e. The standard InChI is InChI=1S/C10H9F2N3O2S/c1-18(16,17)7-3-2-5(9(11)10(7)12)6-4-8(13)15-14-6/h2-4H,1H3,(H3,13,14,15). The number of nitrogens with zero attached hydrogens (tertiary/aromatic N) is 1. The molecule has 3 N–H and O–H groups in total. The van der Waals surface area contributed by atoms with E-state index in [9.17, 15) is 17.2 Å². The van der Waals surface area contributed by atoms with E-state index in [1.165, 1.54) is 6.07 Å². The maximum Gasteiger partial charge on any atom is 0.178 e. The molecule has 0 aliphatic carbocycles. The quantitative estimate of drug-likeness (QED) is 0.864. The molecule has 5 nitrogen and oxygen atoms in total. The number of aromatic amines is 1. The van der Waals surface area contributed by atoms with Crippen LogP contribution in [0.4, 0.5) is 14.6 Å². The number of benzene rings is 1. The molecule has 0 aliphatic heterocycles. The van der Waals surface area contributed by atoms with Gasteiger partial charge in [-0.3, -0.25) is 5.10 Å². The van der Waals surface area contributed by atoms with Gasteiger partial charge in [0.2, 0.25) is 0 Å². The molecule has 0 bridgehead atoms. The van der Waals surface area contributed by atoms with E-state index in [0.29, 0.717) is 0 Å². The summed E-state index contributed by atoms with van der Waals surface area (Å²) in [5.41, 5.74) is 5.38. The Kier molecular flexibility index (Phi) is 2.81. The van der Waals surface area contributed by atoms with Gasteiger partial charge in [0, 0.05) is 17.9 Å². The van der Waals surface area contributed by atoms with Gasteiger partial charge < -0.3 is 5.73 Å². The van der Waals surface area contributed by atoms with Crippen LogP contribution in [-0.2, 0) is 9.84 Å². The Balaban J connectivity index is 2.65. The number of H-pyrrole nitrogens is 1. The van der Waals surface area contributed by atoms with Crippen LogP contribution in [0, 0.1) is 11.6 Å². The van der Waals surface area contributed by atoms with Crippen LogP contribution in [0.5, 0.6) is 0 Å². The zero-order valence-electron chi connectivity index (χ0n) is 9.24. The van der Waals surface area contributed by atoms with Crippen molar-refractivity contribution in [1.29, 1.82) is 0 Å². The molecule has 1 aromatic heterocycles. The Morgan fingerprint density at radius 3 is 2.44 bits per heavy atom. The summed E-state index contributed by atoms with van der Waals surface area (Å²) in [6.45, 7) is 0. The number of aromatic nitrogens is 2. The number of rotatable bonds is 2. The molecule has 0 atom stereocenters. The minimum absolute atomic E-state index is 0.122. The van der Waals surface area contributed by atoms with E-state index in [4.69, 9.17) is 5.73 Å². The van der Waals surface area contributed by atoms with E-state index in [0.717, 1.165) is 18.4 Å². The number of halogens is 2. The number of sulfone groups is 1. The minimum Gasteiger partial charge on any atom is -0.382 e. The fraction of sp³-hybridized carbons (Fsp3) is 0.100. The van der Waals surface area contributed by atoms with Gasteiger partial charge in [0.15, 0.2) is 21.5 Å². The van der Waals surface area contributed by atoms with Gasteiger partial charge in [0.1, 0.15) is 10.7 Å². The Morgan fingerprint density at radius 1 is 1.28 bits per heavy atom. The van der Waals surface area contributed by atoms with Crippen molar-refractivity contribution in [2.24, 2.45) is 0 Å². The summed E-state index contributed by atoms with van der Waals surface area (Å²) < 4.78 is 49.8. The molecule has 0 amide bonds. The lowest BCUT2D eigenvalue weighted by Gasteiger charge is -2.05. The van der Waals surface area contributed by atoms with Gasteiger partial charge in [-0.2, -0.15) is 5.10 Å². The summed E-state index contributed by atoms with van der Waals surface area (Å²) in [4.78, 5) is -0.684. The number of nitrogens with one attached hydrogen (secondary N) is 1. The first kappa shape index (κ1) is 12.5. The Labute approximate surface area is 102 Å². The molecule has 0 radical (unpaired) electrons. The zero-order chi connectivity index (χ0) is 13.5. The van der Waals surface area contributed by atoms with Gasteiger partial charge >= 0.3 is 0 Å². The van der Waals surface area contributed by atoms with E-state index >= 15 is 0 Å². The van der Waals surface area contributed by atoms with Crippen LogP contribution in [0.1, 0.15) is 0 Å². The van der Waals surface area contributed by atoms with Crippen LogP contribution >= 0.6 is 0 Å². The summed E-state index contributed by atoms with van der Waals surface area (Å²) >= 11 is 0. The summed E-state index contributed by atoms with van der Waals surface area (Å²) in [5, 5.41) is 6.00. The fourth-order valence-electron chi connectivity index (χ4n) is 1.50. The van der Waals surface area contributed by atoms with Crippen LogP contribution in [0.15, 0.2) is 23.1 Å². The molecule has 0 unspecified atom stereocenters. The molecule has 0 fully saturated rings. The highest BCUT2D eigenvalue weighted by molar-refractivity contribution is 7.90. The highest BCUT2D eigenvalue weighted by atomic mass is 32.2. The second kappa shape index (κ2) is 4.05. The highest BCUT2D eigenvalue weighted by Gasteiger charge is 2.21. The molecular weight excluding hydrogens is 264 g/mol. The number of hydrogen-bond acceptors (Lipinski definition) is 4. The maximum atomic E-state index is 13.8. The third-order valence-corrected chi connectivity index (χ3v) is 3.45. The number of nitrogens with two attached hydrogens (primary N) is 1. The first-order chi connectivity index (χ1) is 8.30. The lowest BCUT2D eigenvalue weighted by Crippen LogP contribution is -2.04. The maximum absolute atomic E-state index is 13.8. The van der Waals surface area contributed by atoms with Gasteiger partial charge in [-0.1, -0.05) is 0 Å².